The van der Waals surface area contributed by atoms with Gasteiger partial charge in [-0.05, 0) is 55.8 Å². The number of hydrogen-bond acceptors (Lipinski definition) is 3. The molecule has 0 radical (unpaired) electrons. The van der Waals surface area contributed by atoms with E-state index >= 15 is 0 Å². The quantitative estimate of drug-likeness (QED) is 0.630. The number of hydrogen-bond donors (Lipinski definition) is 1. The topological polar surface area (TPSA) is 45.5 Å². The first-order chi connectivity index (χ1) is 13.3. The van der Waals surface area contributed by atoms with Crippen LogP contribution in [-0.2, 0) is 30.7 Å². The number of aryl methyl sites for hydroxylation is 1. The highest BCUT2D eigenvalue weighted by atomic mass is 16.3. The molecule has 1 aliphatic rings. The van der Waals surface area contributed by atoms with Crippen molar-refractivity contribution < 1.29 is 9.21 Å². The number of carbonyl (C=O) groups excluding carboxylic acids is 1. The first-order valence-corrected chi connectivity index (χ1v) is 10.4. The van der Waals surface area contributed by atoms with E-state index in [1.54, 1.807) is 0 Å². The van der Waals surface area contributed by atoms with E-state index in [1.165, 1.54) is 11.1 Å². The molecule has 0 saturated carbocycles. The summed E-state index contributed by atoms with van der Waals surface area (Å²) >= 11 is 0. The summed E-state index contributed by atoms with van der Waals surface area (Å²) in [5.41, 5.74) is 2.66. The standard InChI is InChI=1S/C23H32N2O2/c1-2-14-24-17-21-16-20-13-15-25(18-22(20)27-21)23(26)12-8-4-7-11-19-9-5-3-6-10-19/h3,5-6,9-10,16,24H,2,4,7-8,11-15,17-18H2,1H3. The summed E-state index contributed by atoms with van der Waals surface area (Å²) in [5, 5.41) is 3.37. The van der Waals surface area contributed by atoms with Crippen LogP contribution >= 0.6 is 0 Å². The van der Waals surface area contributed by atoms with Crippen LogP contribution in [0.3, 0.4) is 0 Å². The molecule has 2 heterocycles. The molecule has 2 aromatic rings. The van der Waals surface area contributed by atoms with Gasteiger partial charge in [0.15, 0.2) is 0 Å². The minimum Gasteiger partial charge on any atom is -0.463 e. The van der Waals surface area contributed by atoms with E-state index in [2.05, 4.69) is 48.6 Å². The Morgan fingerprint density at radius 1 is 1.19 bits per heavy atom. The third-order valence-corrected chi connectivity index (χ3v) is 5.21. The molecular weight excluding hydrogens is 336 g/mol. The van der Waals surface area contributed by atoms with Crippen molar-refractivity contribution in [3.63, 3.8) is 0 Å². The van der Waals surface area contributed by atoms with Crippen LogP contribution in [0.5, 0.6) is 0 Å². The van der Waals surface area contributed by atoms with E-state index in [1.807, 2.05) is 4.90 Å². The van der Waals surface area contributed by atoms with Gasteiger partial charge in [-0.3, -0.25) is 4.79 Å². The van der Waals surface area contributed by atoms with Crippen molar-refractivity contribution in [1.82, 2.24) is 10.2 Å². The maximum absolute atomic E-state index is 12.5. The third kappa shape index (κ3) is 5.96. The highest BCUT2D eigenvalue weighted by molar-refractivity contribution is 5.76. The Bertz CT molecular complexity index is 708. The zero-order valence-electron chi connectivity index (χ0n) is 16.5. The lowest BCUT2D eigenvalue weighted by Crippen LogP contribution is -2.35. The molecule has 3 rings (SSSR count). The summed E-state index contributed by atoms with van der Waals surface area (Å²) in [6.45, 7) is 5.38. The molecule has 0 bridgehead atoms. The van der Waals surface area contributed by atoms with Crippen LogP contribution in [0, 0.1) is 0 Å². The second-order valence-electron chi connectivity index (χ2n) is 7.45. The molecule has 1 aromatic heterocycles. The second kappa shape index (κ2) is 10.3. The van der Waals surface area contributed by atoms with Crippen LogP contribution in [0.4, 0.5) is 0 Å². The monoisotopic (exact) mass is 368 g/mol. The van der Waals surface area contributed by atoms with Gasteiger partial charge >= 0.3 is 0 Å². The molecule has 0 aliphatic carbocycles. The van der Waals surface area contributed by atoms with Gasteiger partial charge in [0.2, 0.25) is 5.91 Å². The van der Waals surface area contributed by atoms with Crippen molar-refractivity contribution in [2.75, 3.05) is 13.1 Å². The van der Waals surface area contributed by atoms with E-state index in [0.29, 0.717) is 13.0 Å². The minimum atomic E-state index is 0.266. The van der Waals surface area contributed by atoms with Gasteiger partial charge in [-0.2, -0.15) is 0 Å². The van der Waals surface area contributed by atoms with Gasteiger partial charge in [0.1, 0.15) is 11.5 Å². The molecular formula is C23H32N2O2. The van der Waals surface area contributed by atoms with Crippen molar-refractivity contribution in [2.45, 2.75) is 65.0 Å². The normalized spacial score (nSPS) is 13.6. The summed E-state index contributed by atoms with van der Waals surface area (Å²) in [6, 6.07) is 12.7. The average molecular weight is 369 g/mol. The van der Waals surface area contributed by atoms with Gasteiger partial charge in [0, 0.05) is 13.0 Å². The first kappa shape index (κ1) is 19.7. The highest BCUT2D eigenvalue weighted by Gasteiger charge is 2.23. The third-order valence-electron chi connectivity index (χ3n) is 5.21. The molecule has 1 aliphatic heterocycles. The van der Waals surface area contributed by atoms with Crippen LogP contribution in [0.25, 0.3) is 0 Å². The summed E-state index contributed by atoms with van der Waals surface area (Å²) in [6.07, 6.45) is 7.00. The molecule has 146 valence electrons. The van der Waals surface area contributed by atoms with Crippen LogP contribution in [-0.4, -0.2) is 23.9 Å². The van der Waals surface area contributed by atoms with E-state index < -0.39 is 0 Å². The molecule has 0 atom stereocenters. The van der Waals surface area contributed by atoms with Crippen molar-refractivity contribution in [3.8, 4) is 0 Å². The molecule has 0 fully saturated rings. The van der Waals surface area contributed by atoms with E-state index in [4.69, 9.17) is 4.42 Å². The molecule has 1 amide bonds. The molecule has 1 aromatic carbocycles. The fraction of sp³-hybridized carbons (Fsp3) is 0.522. The van der Waals surface area contributed by atoms with Crippen LogP contribution in [0.1, 0.15) is 61.7 Å². The molecule has 4 nitrogen and oxygen atoms in total. The molecule has 0 unspecified atom stereocenters. The van der Waals surface area contributed by atoms with Crippen LogP contribution in [0.15, 0.2) is 40.8 Å². The van der Waals surface area contributed by atoms with E-state index in [-0.39, 0.29) is 5.91 Å². The molecule has 0 saturated heterocycles. The second-order valence-corrected chi connectivity index (χ2v) is 7.45. The number of benzene rings is 1. The van der Waals surface area contributed by atoms with Gasteiger partial charge in [-0.25, -0.2) is 0 Å². The average Bonchev–Trinajstić information content (AvgIpc) is 3.10. The maximum Gasteiger partial charge on any atom is 0.222 e. The molecule has 27 heavy (non-hydrogen) atoms. The number of nitrogens with one attached hydrogen (secondary N) is 1. The highest BCUT2D eigenvalue weighted by Crippen LogP contribution is 2.24. The van der Waals surface area contributed by atoms with Gasteiger partial charge in [-0.15, -0.1) is 0 Å². The number of amides is 1. The number of unbranched alkanes of at least 4 members (excludes halogenated alkanes) is 2. The molecule has 4 heteroatoms. The van der Waals surface area contributed by atoms with Gasteiger partial charge < -0.3 is 14.6 Å². The Labute approximate surface area is 162 Å². The smallest absolute Gasteiger partial charge is 0.222 e. The summed E-state index contributed by atoms with van der Waals surface area (Å²) in [7, 11) is 0. The number of rotatable bonds is 10. The zero-order chi connectivity index (χ0) is 18.9. The lowest BCUT2D eigenvalue weighted by Gasteiger charge is -2.26. The summed E-state index contributed by atoms with van der Waals surface area (Å²) in [4.78, 5) is 14.5. The Morgan fingerprint density at radius 3 is 2.85 bits per heavy atom. The van der Waals surface area contributed by atoms with Crippen molar-refractivity contribution >= 4 is 5.91 Å². The van der Waals surface area contributed by atoms with Gasteiger partial charge in [-0.1, -0.05) is 43.7 Å². The molecule has 1 N–H and O–H groups in total. The van der Waals surface area contributed by atoms with Crippen LogP contribution < -0.4 is 5.32 Å². The van der Waals surface area contributed by atoms with Crippen LogP contribution in [0.2, 0.25) is 0 Å². The fourth-order valence-electron chi connectivity index (χ4n) is 3.65. The predicted molar refractivity (Wildman–Crippen MR) is 108 cm³/mol. The molecule has 0 spiro atoms. The number of furan rings is 1. The van der Waals surface area contributed by atoms with Crippen molar-refractivity contribution in [2.24, 2.45) is 0 Å². The first-order valence-electron chi connectivity index (χ1n) is 10.4. The minimum absolute atomic E-state index is 0.266. The Hall–Kier alpha value is -2.07. The predicted octanol–water partition coefficient (Wildman–Crippen LogP) is 4.47. The Balaban J connectivity index is 1.37. The Kier molecular flexibility index (Phi) is 7.52. The fourth-order valence-corrected chi connectivity index (χ4v) is 3.65. The number of carbonyl (C=O) groups is 1. The van der Waals surface area contributed by atoms with Gasteiger partial charge in [0.25, 0.3) is 0 Å². The maximum atomic E-state index is 12.5. The summed E-state index contributed by atoms with van der Waals surface area (Å²) in [5.74, 6) is 2.23. The van der Waals surface area contributed by atoms with E-state index in [9.17, 15) is 4.79 Å². The zero-order valence-corrected chi connectivity index (χ0v) is 16.5. The Morgan fingerprint density at radius 2 is 2.04 bits per heavy atom. The van der Waals surface area contributed by atoms with E-state index in [0.717, 1.165) is 69.7 Å². The number of nitrogens with zero attached hydrogens (tertiary/aromatic N) is 1. The number of fused-ring (bicyclic) bond motifs is 1. The summed E-state index contributed by atoms with van der Waals surface area (Å²) < 4.78 is 5.97. The SMILES string of the molecule is CCCNCc1cc2c(o1)CN(C(=O)CCCCCc1ccccc1)CC2. The van der Waals surface area contributed by atoms with Crippen molar-refractivity contribution in [1.29, 1.82) is 0 Å². The van der Waals surface area contributed by atoms with Gasteiger partial charge in [0.05, 0.1) is 13.1 Å². The lowest BCUT2D eigenvalue weighted by molar-refractivity contribution is -0.132. The lowest BCUT2D eigenvalue weighted by atomic mass is 10.0. The van der Waals surface area contributed by atoms with Crippen molar-refractivity contribution in [3.05, 3.63) is 59.0 Å². The largest absolute Gasteiger partial charge is 0.463 e.